The fourth-order valence-corrected chi connectivity index (χ4v) is 3.30. The Morgan fingerprint density at radius 2 is 2.21 bits per heavy atom. The number of rotatable bonds is 3. The molecular weight excluding hydrogens is 304 g/mol. The zero-order chi connectivity index (χ0) is 16.5. The van der Waals surface area contributed by atoms with Crippen LogP contribution in [0.4, 0.5) is 0 Å². The summed E-state index contributed by atoms with van der Waals surface area (Å²) in [5.74, 6) is 0.0907. The van der Waals surface area contributed by atoms with Gasteiger partial charge in [0.25, 0.3) is 0 Å². The van der Waals surface area contributed by atoms with E-state index in [4.69, 9.17) is 4.74 Å². The first-order valence-electron chi connectivity index (χ1n) is 8.13. The van der Waals surface area contributed by atoms with Crippen molar-refractivity contribution in [1.82, 2.24) is 18.9 Å². The first kappa shape index (κ1) is 15.0. The number of carbonyl (C=O) groups excluding carboxylic acids is 1. The van der Waals surface area contributed by atoms with Crippen LogP contribution >= 0.6 is 0 Å². The van der Waals surface area contributed by atoms with Crippen LogP contribution in [0.1, 0.15) is 17.4 Å². The van der Waals surface area contributed by atoms with E-state index in [9.17, 15) is 4.79 Å². The number of hydrogen-bond donors (Lipinski definition) is 0. The normalized spacial score (nSPS) is 18.2. The molecule has 1 saturated heterocycles. The van der Waals surface area contributed by atoms with E-state index in [-0.39, 0.29) is 11.9 Å². The molecule has 0 aromatic carbocycles. The second kappa shape index (κ2) is 6.13. The first-order valence-corrected chi connectivity index (χ1v) is 8.13. The van der Waals surface area contributed by atoms with E-state index < -0.39 is 0 Å². The number of nitrogens with zero attached hydrogens (tertiary/aromatic N) is 4. The topological polar surface area (TPSA) is 51.8 Å². The Bertz CT molecular complexity index is 834. The number of carbonyl (C=O) groups is 1. The molecule has 1 aliphatic heterocycles. The zero-order valence-corrected chi connectivity index (χ0v) is 13.6. The van der Waals surface area contributed by atoms with Gasteiger partial charge in [-0.2, -0.15) is 0 Å². The maximum atomic E-state index is 12.9. The molecule has 0 N–H and O–H groups in total. The molecule has 6 heteroatoms. The maximum Gasteiger partial charge on any atom is 0.229 e. The second-order valence-electron chi connectivity index (χ2n) is 6.10. The Kier molecular flexibility index (Phi) is 3.82. The molecule has 0 unspecified atom stereocenters. The number of imidazole rings is 1. The molecule has 6 nitrogen and oxygen atoms in total. The van der Waals surface area contributed by atoms with Crippen LogP contribution in [0.2, 0.25) is 0 Å². The third kappa shape index (κ3) is 2.69. The molecule has 1 amide bonds. The third-order valence-electron chi connectivity index (χ3n) is 4.52. The quantitative estimate of drug-likeness (QED) is 0.738. The molecule has 0 saturated carbocycles. The summed E-state index contributed by atoms with van der Waals surface area (Å²) in [5, 5.41) is 0. The van der Waals surface area contributed by atoms with Crippen molar-refractivity contribution in [2.75, 3.05) is 19.8 Å². The Hall–Kier alpha value is -2.60. The zero-order valence-electron chi connectivity index (χ0n) is 13.6. The van der Waals surface area contributed by atoms with Crippen molar-refractivity contribution in [2.45, 2.75) is 12.5 Å². The van der Waals surface area contributed by atoms with Crippen molar-refractivity contribution < 1.29 is 9.53 Å². The van der Waals surface area contributed by atoms with Gasteiger partial charge in [0, 0.05) is 37.9 Å². The molecule has 4 heterocycles. The van der Waals surface area contributed by atoms with E-state index in [2.05, 4.69) is 4.98 Å². The summed E-state index contributed by atoms with van der Waals surface area (Å²) in [4.78, 5) is 19.3. The lowest BCUT2D eigenvalue weighted by atomic mass is 10.1. The number of morpholine rings is 1. The Morgan fingerprint density at radius 3 is 3.00 bits per heavy atom. The van der Waals surface area contributed by atoms with Crippen molar-refractivity contribution in [3.05, 3.63) is 60.3 Å². The monoisotopic (exact) mass is 324 g/mol. The van der Waals surface area contributed by atoms with Crippen molar-refractivity contribution in [1.29, 1.82) is 0 Å². The number of aromatic nitrogens is 3. The highest BCUT2D eigenvalue weighted by molar-refractivity contribution is 5.79. The molecule has 0 radical (unpaired) electrons. The summed E-state index contributed by atoms with van der Waals surface area (Å²) in [5.41, 5.74) is 2.75. The summed E-state index contributed by atoms with van der Waals surface area (Å²) in [7, 11) is 1.99. The molecule has 4 rings (SSSR count). The molecule has 0 spiro atoms. The summed E-state index contributed by atoms with van der Waals surface area (Å²) >= 11 is 0. The fraction of sp³-hybridized carbons (Fsp3) is 0.333. The molecule has 1 aliphatic rings. The smallest absolute Gasteiger partial charge is 0.229 e. The van der Waals surface area contributed by atoms with E-state index in [1.165, 1.54) is 0 Å². The number of aryl methyl sites for hydroxylation is 1. The summed E-state index contributed by atoms with van der Waals surface area (Å²) in [6.45, 7) is 1.73. The van der Waals surface area contributed by atoms with Crippen LogP contribution in [0.15, 0.2) is 48.9 Å². The molecule has 124 valence electrons. The number of hydrogen-bond acceptors (Lipinski definition) is 3. The highest BCUT2D eigenvalue weighted by Crippen LogP contribution is 2.25. The van der Waals surface area contributed by atoms with Crippen LogP contribution in [-0.4, -0.2) is 44.5 Å². The van der Waals surface area contributed by atoms with Crippen LogP contribution in [0.3, 0.4) is 0 Å². The summed E-state index contributed by atoms with van der Waals surface area (Å²) in [6.07, 6.45) is 6.17. The van der Waals surface area contributed by atoms with Crippen LogP contribution < -0.4 is 0 Å². The largest absolute Gasteiger partial charge is 0.377 e. The van der Waals surface area contributed by atoms with E-state index in [0.717, 1.165) is 17.0 Å². The minimum atomic E-state index is -0.0386. The van der Waals surface area contributed by atoms with Gasteiger partial charge in [0.15, 0.2) is 0 Å². The number of fused-ring (bicyclic) bond motifs is 1. The molecule has 3 aromatic rings. The van der Waals surface area contributed by atoms with Crippen LogP contribution in [0.25, 0.3) is 5.65 Å². The van der Waals surface area contributed by atoms with E-state index >= 15 is 0 Å². The van der Waals surface area contributed by atoms with Gasteiger partial charge >= 0.3 is 0 Å². The number of ether oxygens (including phenoxy) is 1. The molecule has 1 atom stereocenters. The van der Waals surface area contributed by atoms with Gasteiger partial charge in [0.1, 0.15) is 5.65 Å². The minimum absolute atomic E-state index is 0.0386. The van der Waals surface area contributed by atoms with Crippen molar-refractivity contribution in [2.24, 2.45) is 7.05 Å². The molecule has 0 aliphatic carbocycles. The summed E-state index contributed by atoms with van der Waals surface area (Å²) in [6, 6.07) is 9.84. The first-order chi connectivity index (χ1) is 11.7. The lowest BCUT2D eigenvalue weighted by molar-refractivity contribution is -0.139. The standard InChI is InChI=1S/C18H20N4O2/c1-20-7-4-5-15(20)16-13-24-10-9-22(16)18(23)11-14-12-21-8-3-2-6-17(21)19-14/h2-8,12,16H,9-11,13H2,1H3/t16-/m0/s1. The van der Waals surface area contributed by atoms with Gasteiger partial charge in [0.05, 0.1) is 31.4 Å². The number of pyridine rings is 1. The Labute approximate surface area is 140 Å². The SMILES string of the molecule is Cn1cccc1[C@@H]1COCCN1C(=O)Cc1cn2ccccc2n1. The molecule has 0 bridgehead atoms. The van der Waals surface area contributed by atoms with Crippen molar-refractivity contribution in [3.8, 4) is 0 Å². The summed E-state index contributed by atoms with van der Waals surface area (Å²) < 4.78 is 9.60. The Morgan fingerprint density at radius 1 is 1.29 bits per heavy atom. The molecule has 1 fully saturated rings. The van der Waals surface area contributed by atoms with E-state index in [0.29, 0.717) is 26.2 Å². The molecule has 24 heavy (non-hydrogen) atoms. The lowest BCUT2D eigenvalue weighted by Crippen LogP contribution is -2.44. The maximum absolute atomic E-state index is 12.9. The van der Waals surface area contributed by atoms with Crippen LogP contribution in [0, 0.1) is 0 Å². The van der Waals surface area contributed by atoms with Gasteiger partial charge in [-0.05, 0) is 24.3 Å². The predicted octanol–water partition coefficient (Wildman–Crippen LogP) is 1.82. The average Bonchev–Trinajstić information content (AvgIpc) is 3.20. The predicted molar refractivity (Wildman–Crippen MR) is 89.6 cm³/mol. The van der Waals surface area contributed by atoms with Crippen LogP contribution in [0.5, 0.6) is 0 Å². The van der Waals surface area contributed by atoms with Gasteiger partial charge < -0.3 is 18.6 Å². The van der Waals surface area contributed by atoms with Gasteiger partial charge in [0.2, 0.25) is 5.91 Å². The Balaban J connectivity index is 1.56. The minimum Gasteiger partial charge on any atom is -0.377 e. The van der Waals surface area contributed by atoms with Gasteiger partial charge in [-0.1, -0.05) is 6.07 Å². The highest BCUT2D eigenvalue weighted by atomic mass is 16.5. The van der Waals surface area contributed by atoms with Crippen molar-refractivity contribution >= 4 is 11.6 Å². The van der Waals surface area contributed by atoms with E-state index in [1.807, 2.05) is 69.8 Å². The molecule has 3 aromatic heterocycles. The van der Waals surface area contributed by atoms with E-state index in [1.54, 1.807) is 0 Å². The van der Waals surface area contributed by atoms with Gasteiger partial charge in [-0.25, -0.2) is 4.98 Å². The second-order valence-corrected chi connectivity index (χ2v) is 6.10. The fourth-order valence-electron chi connectivity index (χ4n) is 3.30. The molecular formula is C18H20N4O2. The lowest BCUT2D eigenvalue weighted by Gasteiger charge is -2.36. The number of amides is 1. The average molecular weight is 324 g/mol. The van der Waals surface area contributed by atoms with Gasteiger partial charge in [-0.15, -0.1) is 0 Å². The van der Waals surface area contributed by atoms with Crippen LogP contribution in [-0.2, 0) is 23.0 Å². The van der Waals surface area contributed by atoms with Gasteiger partial charge in [-0.3, -0.25) is 4.79 Å². The highest BCUT2D eigenvalue weighted by Gasteiger charge is 2.30. The van der Waals surface area contributed by atoms with Crippen molar-refractivity contribution in [3.63, 3.8) is 0 Å². The third-order valence-corrected chi connectivity index (χ3v) is 4.52.